The van der Waals surface area contributed by atoms with Crippen molar-refractivity contribution in [1.82, 2.24) is 9.71 Å². The van der Waals surface area contributed by atoms with Crippen LogP contribution in [0, 0.1) is 6.92 Å². The fraction of sp³-hybridized carbons (Fsp3) is 0.312. The molecule has 0 atom stereocenters. The molecule has 118 valence electrons. The van der Waals surface area contributed by atoms with Gasteiger partial charge in [-0.15, -0.1) is 0 Å². The van der Waals surface area contributed by atoms with E-state index in [1.54, 1.807) is 36.7 Å². The first-order chi connectivity index (χ1) is 10.5. The number of hydrogen-bond donors (Lipinski definition) is 1. The molecular weight excluding hydrogens is 300 g/mol. The molecule has 0 amide bonds. The maximum absolute atomic E-state index is 12.5. The fourth-order valence-electron chi connectivity index (χ4n) is 1.92. The average molecular weight is 320 g/mol. The van der Waals surface area contributed by atoms with E-state index in [9.17, 15) is 8.42 Å². The number of sulfonamides is 1. The molecule has 0 saturated carbocycles. The minimum absolute atomic E-state index is 0.162. The molecule has 5 nitrogen and oxygen atoms in total. The quantitative estimate of drug-likeness (QED) is 0.851. The van der Waals surface area contributed by atoms with Crippen LogP contribution in [0.1, 0.15) is 24.5 Å². The molecule has 0 aliphatic carbocycles. The molecule has 1 aromatic carbocycles. The topological polar surface area (TPSA) is 68.3 Å². The van der Waals surface area contributed by atoms with Crippen LogP contribution >= 0.6 is 0 Å². The molecule has 1 aromatic heterocycles. The van der Waals surface area contributed by atoms with Crippen molar-refractivity contribution in [2.75, 3.05) is 6.61 Å². The Morgan fingerprint density at radius 3 is 2.77 bits per heavy atom. The van der Waals surface area contributed by atoms with Crippen molar-refractivity contribution in [3.05, 3.63) is 53.9 Å². The number of rotatable bonds is 7. The Morgan fingerprint density at radius 1 is 1.27 bits per heavy atom. The highest BCUT2D eigenvalue weighted by molar-refractivity contribution is 7.89. The van der Waals surface area contributed by atoms with Gasteiger partial charge in [-0.3, -0.25) is 4.98 Å². The number of nitrogens with zero attached hydrogens (tertiary/aromatic N) is 1. The summed E-state index contributed by atoms with van der Waals surface area (Å²) < 4.78 is 33.1. The first kappa shape index (κ1) is 16.5. The van der Waals surface area contributed by atoms with Crippen molar-refractivity contribution in [2.24, 2.45) is 0 Å². The minimum atomic E-state index is -3.64. The summed E-state index contributed by atoms with van der Waals surface area (Å²) in [6, 6.07) is 8.67. The Kier molecular flexibility index (Phi) is 5.51. The molecular formula is C16H20N2O3S. The smallest absolute Gasteiger partial charge is 0.244 e. The molecule has 6 heteroatoms. The van der Waals surface area contributed by atoms with Gasteiger partial charge in [0, 0.05) is 18.9 Å². The Bertz CT molecular complexity index is 715. The van der Waals surface area contributed by atoms with Crippen molar-refractivity contribution in [3.63, 3.8) is 0 Å². The zero-order valence-electron chi connectivity index (χ0n) is 12.7. The first-order valence-corrected chi connectivity index (χ1v) is 8.63. The molecule has 0 radical (unpaired) electrons. The molecule has 0 unspecified atom stereocenters. The summed E-state index contributed by atoms with van der Waals surface area (Å²) in [6.07, 6.45) is 4.09. The number of aromatic nitrogens is 1. The van der Waals surface area contributed by atoms with Gasteiger partial charge in [0.15, 0.2) is 0 Å². The van der Waals surface area contributed by atoms with Crippen molar-refractivity contribution in [2.45, 2.75) is 31.7 Å². The van der Waals surface area contributed by atoms with E-state index in [-0.39, 0.29) is 11.4 Å². The van der Waals surface area contributed by atoms with Crippen molar-refractivity contribution >= 4 is 10.0 Å². The second-order valence-corrected chi connectivity index (χ2v) is 6.72. The number of pyridine rings is 1. The minimum Gasteiger partial charge on any atom is -0.492 e. The molecule has 0 aliphatic rings. The summed E-state index contributed by atoms with van der Waals surface area (Å²) in [4.78, 5) is 4.13. The standard InChI is InChI=1S/C16H20N2O3S/c1-3-9-21-15-10-13(2)6-7-16(15)22(19,20)18-12-14-5-4-8-17-11-14/h4-8,10-11,18H,3,9,12H2,1-2H3. The Hall–Kier alpha value is -1.92. The maximum atomic E-state index is 12.5. The molecule has 0 spiro atoms. The maximum Gasteiger partial charge on any atom is 0.244 e. The zero-order chi connectivity index (χ0) is 16.0. The summed E-state index contributed by atoms with van der Waals surface area (Å²) in [5, 5.41) is 0. The average Bonchev–Trinajstić information content (AvgIpc) is 2.52. The summed E-state index contributed by atoms with van der Waals surface area (Å²) in [7, 11) is -3.64. The Morgan fingerprint density at radius 2 is 2.09 bits per heavy atom. The third-order valence-corrected chi connectivity index (χ3v) is 4.48. The van der Waals surface area contributed by atoms with Gasteiger partial charge in [-0.2, -0.15) is 0 Å². The van der Waals surface area contributed by atoms with Crippen LogP contribution in [0.5, 0.6) is 5.75 Å². The second-order valence-electron chi connectivity index (χ2n) is 4.98. The third kappa shape index (κ3) is 4.29. The number of aryl methyl sites for hydroxylation is 1. The predicted octanol–water partition coefficient (Wildman–Crippen LogP) is 2.66. The van der Waals surface area contributed by atoms with Crippen LogP contribution in [0.25, 0.3) is 0 Å². The normalized spacial score (nSPS) is 11.4. The van der Waals surface area contributed by atoms with Crippen LogP contribution in [-0.2, 0) is 16.6 Å². The molecule has 2 aromatic rings. The lowest BCUT2D eigenvalue weighted by Gasteiger charge is -2.13. The van der Waals surface area contributed by atoms with Gasteiger partial charge in [0.1, 0.15) is 10.6 Å². The van der Waals surface area contributed by atoms with Crippen LogP contribution < -0.4 is 9.46 Å². The van der Waals surface area contributed by atoms with Crippen LogP contribution in [0.15, 0.2) is 47.6 Å². The van der Waals surface area contributed by atoms with Crippen LogP contribution in [0.2, 0.25) is 0 Å². The highest BCUT2D eigenvalue weighted by Gasteiger charge is 2.19. The molecule has 0 saturated heterocycles. The number of hydrogen-bond acceptors (Lipinski definition) is 4. The Labute approximate surface area is 131 Å². The van der Waals surface area contributed by atoms with Crippen LogP contribution in [0.4, 0.5) is 0 Å². The molecule has 1 heterocycles. The van der Waals surface area contributed by atoms with Gasteiger partial charge in [-0.25, -0.2) is 13.1 Å². The molecule has 2 rings (SSSR count). The SMILES string of the molecule is CCCOc1cc(C)ccc1S(=O)(=O)NCc1cccnc1. The van der Waals surface area contributed by atoms with Gasteiger partial charge in [0.05, 0.1) is 6.61 Å². The van der Waals surface area contributed by atoms with Gasteiger partial charge in [0.25, 0.3) is 0 Å². The lowest BCUT2D eigenvalue weighted by molar-refractivity contribution is 0.309. The van der Waals surface area contributed by atoms with Gasteiger partial charge in [0.2, 0.25) is 10.0 Å². The summed E-state index contributed by atoms with van der Waals surface area (Å²) in [5.41, 5.74) is 1.76. The van der Waals surface area contributed by atoms with Crippen molar-refractivity contribution in [1.29, 1.82) is 0 Å². The Balaban J connectivity index is 2.21. The van der Waals surface area contributed by atoms with E-state index in [2.05, 4.69) is 9.71 Å². The van der Waals surface area contributed by atoms with Gasteiger partial charge < -0.3 is 4.74 Å². The van der Waals surface area contributed by atoms with Crippen LogP contribution in [0.3, 0.4) is 0 Å². The highest BCUT2D eigenvalue weighted by atomic mass is 32.2. The fourth-order valence-corrected chi connectivity index (χ4v) is 3.06. The van der Waals surface area contributed by atoms with Crippen LogP contribution in [-0.4, -0.2) is 20.0 Å². The summed E-state index contributed by atoms with van der Waals surface area (Å²) in [5.74, 6) is 0.389. The second kappa shape index (κ2) is 7.38. The van der Waals surface area contributed by atoms with E-state index in [0.29, 0.717) is 12.4 Å². The number of benzene rings is 1. The van der Waals surface area contributed by atoms with Gasteiger partial charge in [-0.05, 0) is 42.7 Å². The lowest BCUT2D eigenvalue weighted by atomic mass is 10.2. The molecule has 0 aliphatic heterocycles. The van der Waals surface area contributed by atoms with E-state index in [1.807, 2.05) is 19.9 Å². The number of nitrogens with one attached hydrogen (secondary N) is 1. The van der Waals surface area contributed by atoms with E-state index < -0.39 is 10.0 Å². The summed E-state index contributed by atoms with van der Waals surface area (Å²) in [6.45, 7) is 4.55. The van der Waals surface area contributed by atoms with Gasteiger partial charge >= 0.3 is 0 Å². The molecule has 1 N–H and O–H groups in total. The van der Waals surface area contributed by atoms with Crippen molar-refractivity contribution in [3.8, 4) is 5.75 Å². The van der Waals surface area contributed by atoms with Gasteiger partial charge in [-0.1, -0.05) is 19.1 Å². The summed E-state index contributed by atoms with van der Waals surface area (Å²) >= 11 is 0. The first-order valence-electron chi connectivity index (χ1n) is 7.15. The third-order valence-electron chi connectivity index (χ3n) is 3.04. The monoisotopic (exact) mass is 320 g/mol. The van der Waals surface area contributed by atoms with E-state index in [4.69, 9.17) is 4.74 Å². The zero-order valence-corrected chi connectivity index (χ0v) is 13.6. The van der Waals surface area contributed by atoms with E-state index >= 15 is 0 Å². The molecule has 0 fully saturated rings. The molecule has 0 bridgehead atoms. The largest absolute Gasteiger partial charge is 0.492 e. The molecule has 22 heavy (non-hydrogen) atoms. The van der Waals surface area contributed by atoms with E-state index in [0.717, 1.165) is 17.5 Å². The van der Waals surface area contributed by atoms with E-state index in [1.165, 1.54) is 0 Å². The lowest BCUT2D eigenvalue weighted by Crippen LogP contribution is -2.24. The highest BCUT2D eigenvalue weighted by Crippen LogP contribution is 2.25. The predicted molar refractivity (Wildman–Crippen MR) is 85.2 cm³/mol. The van der Waals surface area contributed by atoms with Crippen molar-refractivity contribution < 1.29 is 13.2 Å². The number of ether oxygens (including phenoxy) is 1.